The summed E-state index contributed by atoms with van der Waals surface area (Å²) in [5.41, 5.74) is 0.624. The van der Waals surface area contributed by atoms with E-state index in [0.29, 0.717) is 16.8 Å². The molecule has 0 aliphatic heterocycles. The Bertz CT molecular complexity index is 604. The summed E-state index contributed by atoms with van der Waals surface area (Å²) in [4.78, 5) is 13.9. The number of halogens is 1. The molecule has 0 aliphatic rings. The van der Waals surface area contributed by atoms with E-state index in [2.05, 4.69) is 15.9 Å². The molecule has 0 saturated heterocycles. The fourth-order valence-electron chi connectivity index (χ4n) is 1.91. The Hall–Kier alpha value is -1.75. The van der Waals surface area contributed by atoms with Crippen LogP contribution in [0.25, 0.3) is 0 Å². The van der Waals surface area contributed by atoms with Gasteiger partial charge in [0.1, 0.15) is 11.5 Å². The van der Waals surface area contributed by atoms with E-state index in [-0.39, 0.29) is 12.0 Å². The van der Waals surface area contributed by atoms with Gasteiger partial charge in [-0.05, 0) is 66.2 Å². The van der Waals surface area contributed by atoms with Crippen LogP contribution >= 0.6 is 15.9 Å². The molecule has 0 aliphatic carbocycles. The van der Waals surface area contributed by atoms with Gasteiger partial charge in [0, 0.05) is 12.6 Å². The van der Waals surface area contributed by atoms with Crippen LogP contribution in [0.1, 0.15) is 30.0 Å². The number of hydrogen-bond donors (Lipinski definition) is 0. The third-order valence-corrected chi connectivity index (χ3v) is 3.27. The molecule has 2 rings (SSSR count). The summed E-state index contributed by atoms with van der Waals surface area (Å²) in [6.07, 6.45) is 0.117. The summed E-state index contributed by atoms with van der Waals surface area (Å²) < 4.78 is 11.6. The number of benzene rings is 1. The minimum atomic E-state index is -0.0568. The van der Waals surface area contributed by atoms with Crippen LogP contribution in [0.15, 0.2) is 45.5 Å². The standard InChI is InChI=1S/C16H18BrNO3/c1-11(2)20-13-6-4-12(5-7-13)16(19)18(3)10-14-8-9-15(17)21-14/h4-9,11H,10H2,1-3H3. The van der Waals surface area contributed by atoms with Gasteiger partial charge in [0.2, 0.25) is 0 Å². The molecule has 0 N–H and O–H groups in total. The highest BCUT2D eigenvalue weighted by Crippen LogP contribution is 2.18. The second kappa shape index (κ2) is 6.80. The molecule has 0 spiro atoms. The quantitative estimate of drug-likeness (QED) is 0.814. The van der Waals surface area contributed by atoms with Crippen molar-refractivity contribution in [2.24, 2.45) is 0 Å². The number of hydrogen-bond acceptors (Lipinski definition) is 3. The molecule has 4 nitrogen and oxygen atoms in total. The monoisotopic (exact) mass is 351 g/mol. The summed E-state index contributed by atoms with van der Waals surface area (Å²) in [6, 6.07) is 10.8. The average molecular weight is 352 g/mol. The highest BCUT2D eigenvalue weighted by molar-refractivity contribution is 9.10. The molecule has 1 aromatic heterocycles. The van der Waals surface area contributed by atoms with Crippen molar-refractivity contribution in [3.63, 3.8) is 0 Å². The van der Waals surface area contributed by atoms with Gasteiger partial charge >= 0.3 is 0 Å². The number of furan rings is 1. The van der Waals surface area contributed by atoms with Crippen molar-refractivity contribution >= 4 is 21.8 Å². The van der Waals surface area contributed by atoms with Crippen molar-refractivity contribution in [1.29, 1.82) is 0 Å². The molecule has 0 saturated carbocycles. The molecule has 1 aromatic carbocycles. The van der Waals surface area contributed by atoms with Gasteiger partial charge in [-0.1, -0.05) is 0 Å². The molecule has 0 unspecified atom stereocenters. The molecule has 21 heavy (non-hydrogen) atoms. The molecular weight excluding hydrogens is 334 g/mol. The zero-order valence-electron chi connectivity index (χ0n) is 12.3. The average Bonchev–Trinajstić information content (AvgIpc) is 2.83. The lowest BCUT2D eigenvalue weighted by Crippen LogP contribution is -2.25. The Balaban J connectivity index is 2.01. The zero-order chi connectivity index (χ0) is 15.4. The summed E-state index contributed by atoms with van der Waals surface area (Å²) in [7, 11) is 1.75. The van der Waals surface area contributed by atoms with Gasteiger partial charge in [0.25, 0.3) is 5.91 Å². The fraction of sp³-hybridized carbons (Fsp3) is 0.312. The van der Waals surface area contributed by atoms with E-state index >= 15 is 0 Å². The van der Waals surface area contributed by atoms with Crippen molar-refractivity contribution in [3.05, 3.63) is 52.4 Å². The summed E-state index contributed by atoms with van der Waals surface area (Å²) >= 11 is 3.25. The van der Waals surface area contributed by atoms with Crippen LogP contribution in [0, 0.1) is 0 Å². The predicted octanol–water partition coefficient (Wildman–Crippen LogP) is 4.10. The molecule has 0 bridgehead atoms. The molecule has 1 heterocycles. The Morgan fingerprint density at radius 1 is 1.24 bits per heavy atom. The third-order valence-electron chi connectivity index (χ3n) is 2.84. The van der Waals surface area contributed by atoms with Crippen LogP contribution in [-0.4, -0.2) is 24.0 Å². The molecule has 1 amide bonds. The number of nitrogens with zero attached hydrogens (tertiary/aromatic N) is 1. The second-order valence-corrected chi connectivity index (χ2v) is 5.84. The van der Waals surface area contributed by atoms with Crippen LogP contribution in [0.4, 0.5) is 0 Å². The van der Waals surface area contributed by atoms with Gasteiger partial charge < -0.3 is 14.1 Å². The van der Waals surface area contributed by atoms with Gasteiger partial charge in [0.15, 0.2) is 4.67 Å². The molecule has 2 aromatic rings. The van der Waals surface area contributed by atoms with Gasteiger partial charge in [-0.2, -0.15) is 0 Å². The largest absolute Gasteiger partial charge is 0.491 e. The van der Waals surface area contributed by atoms with Crippen molar-refractivity contribution in [3.8, 4) is 5.75 Å². The molecule has 0 radical (unpaired) electrons. The maximum Gasteiger partial charge on any atom is 0.254 e. The maximum absolute atomic E-state index is 12.3. The first-order chi connectivity index (χ1) is 9.95. The minimum absolute atomic E-state index is 0.0568. The highest BCUT2D eigenvalue weighted by atomic mass is 79.9. The molecule has 0 fully saturated rings. The second-order valence-electron chi connectivity index (χ2n) is 5.06. The van der Waals surface area contributed by atoms with E-state index in [9.17, 15) is 4.79 Å². The number of carbonyl (C=O) groups excluding carboxylic acids is 1. The van der Waals surface area contributed by atoms with E-state index in [1.54, 1.807) is 24.1 Å². The zero-order valence-corrected chi connectivity index (χ0v) is 13.9. The minimum Gasteiger partial charge on any atom is -0.491 e. The van der Waals surface area contributed by atoms with Crippen molar-refractivity contribution < 1.29 is 13.9 Å². The lowest BCUT2D eigenvalue weighted by atomic mass is 10.2. The van der Waals surface area contributed by atoms with E-state index in [4.69, 9.17) is 9.15 Å². The number of rotatable bonds is 5. The summed E-state index contributed by atoms with van der Waals surface area (Å²) in [5.74, 6) is 1.44. The Morgan fingerprint density at radius 3 is 2.43 bits per heavy atom. The van der Waals surface area contributed by atoms with Crippen LogP contribution in [-0.2, 0) is 6.54 Å². The van der Waals surface area contributed by atoms with Crippen molar-refractivity contribution in [2.45, 2.75) is 26.5 Å². The lowest BCUT2D eigenvalue weighted by Gasteiger charge is -2.16. The van der Waals surface area contributed by atoms with Gasteiger partial charge in [-0.15, -0.1) is 0 Å². The van der Waals surface area contributed by atoms with Crippen LogP contribution in [0.3, 0.4) is 0 Å². The molecule has 112 valence electrons. The SMILES string of the molecule is CC(C)Oc1ccc(C(=O)N(C)Cc2ccc(Br)o2)cc1. The lowest BCUT2D eigenvalue weighted by molar-refractivity contribution is 0.0775. The number of carbonyl (C=O) groups is 1. The smallest absolute Gasteiger partial charge is 0.254 e. The molecular formula is C16H18BrNO3. The fourth-order valence-corrected chi connectivity index (χ4v) is 2.25. The van der Waals surface area contributed by atoms with E-state index < -0.39 is 0 Å². The topological polar surface area (TPSA) is 42.7 Å². The first-order valence-electron chi connectivity index (χ1n) is 6.72. The van der Waals surface area contributed by atoms with Crippen molar-refractivity contribution in [2.75, 3.05) is 7.05 Å². The van der Waals surface area contributed by atoms with Gasteiger partial charge in [0.05, 0.1) is 12.6 Å². The maximum atomic E-state index is 12.3. The van der Waals surface area contributed by atoms with E-state index in [0.717, 1.165) is 11.5 Å². The molecule has 5 heteroatoms. The number of ether oxygens (including phenoxy) is 1. The van der Waals surface area contributed by atoms with Gasteiger partial charge in [-0.3, -0.25) is 4.79 Å². The first kappa shape index (κ1) is 15.6. The van der Waals surface area contributed by atoms with Crippen LogP contribution in [0.5, 0.6) is 5.75 Å². The first-order valence-corrected chi connectivity index (χ1v) is 7.51. The third kappa shape index (κ3) is 4.36. The van der Waals surface area contributed by atoms with E-state index in [1.165, 1.54) is 0 Å². The Labute approximate surface area is 132 Å². The normalized spacial score (nSPS) is 10.7. The van der Waals surface area contributed by atoms with Crippen molar-refractivity contribution in [1.82, 2.24) is 4.90 Å². The number of amides is 1. The van der Waals surface area contributed by atoms with Crippen LogP contribution in [0.2, 0.25) is 0 Å². The highest BCUT2D eigenvalue weighted by Gasteiger charge is 2.14. The molecule has 0 atom stereocenters. The van der Waals surface area contributed by atoms with E-state index in [1.807, 2.05) is 38.1 Å². The summed E-state index contributed by atoms with van der Waals surface area (Å²) in [6.45, 7) is 4.36. The Kier molecular flexibility index (Phi) is 5.07. The summed E-state index contributed by atoms with van der Waals surface area (Å²) in [5, 5.41) is 0. The van der Waals surface area contributed by atoms with Crippen LogP contribution < -0.4 is 4.74 Å². The predicted molar refractivity (Wildman–Crippen MR) is 84.4 cm³/mol. The Morgan fingerprint density at radius 2 is 1.90 bits per heavy atom. The van der Waals surface area contributed by atoms with Gasteiger partial charge in [-0.25, -0.2) is 0 Å².